The number of nitrogens with one attached hydrogen (secondary N) is 3. The number of hydrogen-bond acceptors (Lipinski definition) is 6. The largest absolute Gasteiger partial charge is 0.493 e. The number of carbonyl (C=O) groups excluding carboxylic acids is 3. The minimum Gasteiger partial charge on any atom is -0.493 e. The number of carboxylic acids is 1. The van der Waals surface area contributed by atoms with Gasteiger partial charge in [-0.25, -0.2) is 4.79 Å². The van der Waals surface area contributed by atoms with Crippen LogP contribution in [0.3, 0.4) is 0 Å². The minimum absolute atomic E-state index is 0.0655. The summed E-state index contributed by atoms with van der Waals surface area (Å²) in [6.07, 6.45) is -0.182. The van der Waals surface area contributed by atoms with Crippen molar-refractivity contribution >= 4 is 29.4 Å². The molecule has 4 N–H and O–H groups in total. The molecule has 0 saturated carbocycles. The molecule has 0 spiro atoms. The van der Waals surface area contributed by atoms with Crippen molar-refractivity contribution in [2.24, 2.45) is 0 Å². The van der Waals surface area contributed by atoms with Crippen LogP contribution in [0.2, 0.25) is 0 Å². The molecule has 1 rings (SSSR count). The average Bonchev–Trinajstić information content (AvgIpc) is 2.62. The molecule has 0 bridgehead atoms. The van der Waals surface area contributed by atoms with E-state index in [9.17, 15) is 19.2 Å². The van der Waals surface area contributed by atoms with Crippen LogP contribution in [-0.2, 0) is 14.4 Å². The monoisotopic (exact) mass is 381 g/mol. The minimum atomic E-state index is -1.19. The van der Waals surface area contributed by atoms with E-state index in [-0.39, 0.29) is 54.0 Å². The van der Waals surface area contributed by atoms with E-state index >= 15 is 0 Å². The Kier molecular flexibility index (Phi) is 8.57. The van der Waals surface area contributed by atoms with Gasteiger partial charge in [-0.15, -0.1) is 0 Å². The van der Waals surface area contributed by atoms with Crippen molar-refractivity contribution in [1.82, 2.24) is 10.6 Å². The van der Waals surface area contributed by atoms with Crippen LogP contribution >= 0.6 is 0 Å². The van der Waals surface area contributed by atoms with Gasteiger partial charge in [-0.3, -0.25) is 14.4 Å². The zero-order chi connectivity index (χ0) is 20.4. The fraction of sp³-hybridized carbons (Fsp3) is 0.412. The number of hydrogen-bond donors (Lipinski definition) is 4. The molecule has 1 aromatic rings. The van der Waals surface area contributed by atoms with E-state index < -0.39 is 11.9 Å². The van der Waals surface area contributed by atoms with E-state index in [0.717, 1.165) is 0 Å². The van der Waals surface area contributed by atoms with Crippen molar-refractivity contribution in [3.63, 3.8) is 0 Å². The second kappa shape index (κ2) is 10.6. The lowest BCUT2D eigenvalue weighted by Gasteiger charge is -2.14. The van der Waals surface area contributed by atoms with Crippen molar-refractivity contribution in [2.75, 3.05) is 32.6 Å². The van der Waals surface area contributed by atoms with Crippen molar-refractivity contribution in [3.05, 3.63) is 17.7 Å². The number of aromatic carboxylic acids is 1. The molecule has 1 aromatic carbocycles. The SMILES string of the molecule is COc1cc(C(=O)O)cc(NC(=O)CCC(=O)NCCNC(C)=O)c1OC. The van der Waals surface area contributed by atoms with Crippen LogP contribution in [0.4, 0.5) is 5.69 Å². The molecular weight excluding hydrogens is 358 g/mol. The summed E-state index contributed by atoms with van der Waals surface area (Å²) in [5.41, 5.74) is 0.0454. The summed E-state index contributed by atoms with van der Waals surface area (Å²) in [7, 11) is 2.71. The van der Waals surface area contributed by atoms with Gasteiger partial charge in [0.05, 0.1) is 25.5 Å². The van der Waals surface area contributed by atoms with Crippen LogP contribution in [0.1, 0.15) is 30.1 Å². The highest BCUT2D eigenvalue weighted by molar-refractivity contribution is 5.97. The fourth-order valence-corrected chi connectivity index (χ4v) is 2.15. The van der Waals surface area contributed by atoms with Gasteiger partial charge in [0.15, 0.2) is 11.5 Å². The van der Waals surface area contributed by atoms with Crippen LogP contribution in [0.25, 0.3) is 0 Å². The van der Waals surface area contributed by atoms with E-state index in [1.807, 2.05) is 0 Å². The molecule has 3 amide bonds. The Balaban J connectivity index is 2.65. The highest BCUT2D eigenvalue weighted by Crippen LogP contribution is 2.36. The first-order chi connectivity index (χ1) is 12.8. The molecule has 27 heavy (non-hydrogen) atoms. The normalized spacial score (nSPS) is 9.89. The first kappa shape index (κ1) is 21.7. The molecule has 0 aromatic heterocycles. The molecule has 0 radical (unpaired) electrons. The fourth-order valence-electron chi connectivity index (χ4n) is 2.15. The summed E-state index contributed by atoms with van der Waals surface area (Å²) in [6, 6.07) is 2.52. The highest BCUT2D eigenvalue weighted by Gasteiger charge is 2.18. The van der Waals surface area contributed by atoms with Gasteiger partial charge in [-0.2, -0.15) is 0 Å². The van der Waals surface area contributed by atoms with Crippen LogP contribution in [0.5, 0.6) is 11.5 Å². The third-order valence-electron chi connectivity index (χ3n) is 3.40. The first-order valence-corrected chi connectivity index (χ1v) is 8.08. The van der Waals surface area contributed by atoms with E-state index in [1.54, 1.807) is 0 Å². The van der Waals surface area contributed by atoms with Crippen LogP contribution < -0.4 is 25.4 Å². The number of methoxy groups -OCH3 is 2. The standard InChI is InChI=1S/C17H23N3O7/c1-10(21)18-6-7-19-14(22)4-5-15(23)20-12-8-11(17(24)25)9-13(26-2)16(12)27-3/h8-9H,4-7H2,1-3H3,(H,18,21)(H,19,22)(H,20,23)(H,24,25). The van der Waals surface area contributed by atoms with Gasteiger partial charge in [-0.1, -0.05) is 0 Å². The van der Waals surface area contributed by atoms with Gasteiger partial charge in [-0.05, 0) is 12.1 Å². The van der Waals surface area contributed by atoms with E-state index in [1.165, 1.54) is 33.3 Å². The second-order valence-electron chi connectivity index (χ2n) is 5.45. The zero-order valence-electron chi connectivity index (χ0n) is 15.4. The molecule has 0 fully saturated rings. The average molecular weight is 381 g/mol. The third kappa shape index (κ3) is 7.22. The molecule has 0 aliphatic heterocycles. The van der Waals surface area contributed by atoms with Gasteiger partial charge in [0.25, 0.3) is 0 Å². The Morgan fingerprint density at radius 1 is 0.963 bits per heavy atom. The third-order valence-corrected chi connectivity index (χ3v) is 3.40. The number of benzene rings is 1. The molecule has 0 aliphatic rings. The summed E-state index contributed by atoms with van der Waals surface area (Å²) >= 11 is 0. The van der Waals surface area contributed by atoms with E-state index in [2.05, 4.69) is 16.0 Å². The Hall–Kier alpha value is -3.30. The molecule has 0 heterocycles. The van der Waals surface area contributed by atoms with Crippen molar-refractivity contribution in [2.45, 2.75) is 19.8 Å². The van der Waals surface area contributed by atoms with Gasteiger partial charge in [0.2, 0.25) is 17.7 Å². The maximum absolute atomic E-state index is 12.1. The lowest BCUT2D eigenvalue weighted by atomic mass is 10.1. The lowest BCUT2D eigenvalue weighted by molar-refractivity contribution is -0.124. The molecule has 148 valence electrons. The van der Waals surface area contributed by atoms with Crippen LogP contribution in [0.15, 0.2) is 12.1 Å². The predicted octanol–water partition coefficient (Wildman–Crippen LogP) is 0.373. The molecule has 0 saturated heterocycles. The summed E-state index contributed by atoms with van der Waals surface area (Å²) in [4.78, 5) is 45.7. The molecule has 0 unspecified atom stereocenters. The van der Waals surface area contributed by atoms with Crippen LogP contribution in [0, 0.1) is 0 Å². The number of carbonyl (C=O) groups is 4. The molecule has 0 atom stereocenters. The maximum atomic E-state index is 12.1. The molecule has 10 heteroatoms. The molecule has 10 nitrogen and oxygen atoms in total. The maximum Gasteiger partial charge on any atom is 0.335 e. The summed E-state index contributed by atoms with van der Waals surface area (Å²) in [5, 5.41) is 16.8. The summed E-state index contributed by atoms with van der Waals surface area (Å²) in [6.45, 7) is 1.92. The number of anilines is 1. The van der Waals surface area contributed by atoms with Crippen LogP contribution in [-0.4, -0.2) is 56.1 Å². The summed E-state index contributed by atoms with van der Waals surface area (Å²) in [5.74, 6) is -1.89. The van der Waals surface area contributed by atoms with Gasteiger partial charge < -0.3 is 30.5 Å². The molecule has 0 aliphatic carbocycles. The lowest BCUT2D eigenvalue weighted by Crippen LogP contribution is -2.33. The topological polar surface area (TPSA) is 143 Å². The van der Waals surface area contributed by atoms with Crippen molar-refractivity contribution in [1.29, 1.82) is 0 Å². The number of carboxylic acid groups (broad SMARTS) is 1. The first-order valence-electron chi connectivity index (χ1n) is 8.08. The van der Waals surface area contributed by atoms with Crippen molar-refractivity contribution < 1.29 is 33.8 Å². The van der Waals surface area contributed by atoms with E-state index in [0.29, 0.717) is 6.54 Å². The Morgan fingerprint density at radius 2 is 1.59 bits per heavy atom. The smallest absolute Gasteiger partial charge is 0.335 e. The highest BCUT2D eigenvalue weighted by atomic mass is 16.5. The second-order valence-corrected chi connectivity index (χ2v) is 5.45. The Bertz CT molecular complexity index is 719. The summed E-state index contributed by atoms with van der Waals surface area (Å²) < 4.78 is 10.3. The van der Waals surface area contributed by atoms with Gasteiger partial charge in [0, 0.05) is 32.9 Å². The van der Waals surface area contributed by atoms with E-state index in [4.69, 9.17) is 14.6 Å². The zero-order valence-corrected chi connectivity index (χ0v) is 15.4. The Morgan fingerprint density at radius 3 is 2.15 bits per heavy atom. The van der Waals surface area contributed by atoms with Crippen molar-refractivity contribution in [3.8, 4) is 11.5 Å². The van der Waals surface area contributed by atoms with Gasteiger partial charge >= 0.3 is 5.97 Å². The predicted molar refractivity (Wildman–Crippen MR) is 96.1 cm³/mol. The number of amides is 3. The quantitative estimate of drug-likeness (QED) is 0.429. The number of rotatable bonds is 10. The number of ether oxygens (including phenoxy) is 2. The molecular formula is C17H23N3O7. The van der Waals surface area contributed by atoms with Gasteiger partial charge in [0.1, 0.15) is 0 Å². The Labute approximate surface area is 156 Å².